The number of hydrogen-bond acceptors (Lipinski definition) is 2. The number of rotatable bonds is 1. The summed E-state index contributed by atoms with van der Waals surface area (Å²) >= 11 is 0. The molecule has 4 heteroatoms. The van der Waals surface area contributed by atoms with Crippen LogP contribution in [0.4, 0.5) is 10.5 Å². The maximum absolute atomic E-state index is 12.2. The molecule has 0 spiro atoms. The van der Waals surface area contributed by atoms with Crippen LogP contribution in [0, 0.1) is 0 Å². The SMILES string of the molecule is Nc1ccc2c(c1)CCCC2NC(=O)N1CCCC1. The van der Waals surface area contributed by atoms with Crippen molar-refractivity contribution in [3.8, 4) is 0 Å². The van der Waals surface area contributed by atoms with Gasteiger partial charge in [-0.25, -0.2) is 4.79 Å². The van der Waals surface area contributed by atoms with Gasteiger partial charge in [-0.1, -0.05) is 6.07 Å². The standard InChI is InChI=1S/C15H21N3O/c16-12-6-7-13-11(10-12)4-3-5-14(13)17-15(19)18-8-1-2-9-18/h6-7,10,14H,1-5,8-9,16H2,(H,17,19). The molecule has 1 aliphatic carbocycles. The quantitative estimate of drug-likeness (QED) is 0.761. The van der Waals surface area contributed by atoms with E-state index < -0.39 is 0 Å². The molecule has 1 heterocycles. The highest BCUT2D eigenvalue weighted by atomic mass is 16.2. The molecule has 1 aromatic rings. The number of fused-ring (bicyclic) bond motifs is 1. The Balaban J connectivity index is 1.74. The molecule has 0 radical (unpaired) electrons. The molecule has 2 aliphatic rings. The topological polar surface area (TPSA) is 58.4 Å². The average Bonchev–Trinajstić information content (AvgIpc) is 2.92. The van der Waals surface area contributed by atoms with Gasteiger partial charge in [0, 0.05) is 18.8 Å². The summed E-state index contributed by atoms with van der Waals surface area (Å²) in [7, 11) is 0. The van der Waals surface area contributed by atoms with Crippen LogP contribution in [0.5, 0.6) is 0 Å². The summed E-state index contributed by atoms with van der Waals surface area (Å²) in [4.78, 5) is 14.1. The predicted molar refractivity (Wildman–Crippen MR) is 75.9 cm³/mol. The highest BCUT2D eigenvalue weighted by Crippen LogP contribution is 2.31. The fourth-order valence-electron chi connectivity index (χ4n) is 3.14. The number of aryl methyl sites for hydroxylation is 1. The van der Waals surface area contributed by atoms with Gasteiger partial charge in [0.2, 0.25) is 0 Å². The fraction of sp³-hybridized carbons (Fsp3) is 0.533. The smallest absolute Gasteiger partial charge is 0.317 e. The number of nitrogens with two attached hydrogens (primary N) is 1. The predicted octanol–water partition coefficient (Wildman–Crippen LogP) is 2.45. The summed E-state index contributed by atoms with van der Waals surface area (Å²) in [6.07, 6.45) is 5.46. The van der Waals surface area contributed by atoms with Crippen LogP contribution in [0.25, 0.3) is 0 Å². The van der Waals surface area contributed by atoms with Crippen molar-refractivity contribution >= 4 is 11.7 Å². The number of carbonyl (C=O) groups is 1. The zero-order chi connectivity index (χ0) is 13.2. The number of nitrogen functional groups attached to an aromatic ring is 1. The zero-order valence-corrected chi connectivity index (χ0v) is 11.2. The molecular formula is C15H21N3O. The molecule has 4 nitrogen and oxygen atoms in total. The van der Waals surface area contributed by atoms with Crippen LogP contribution in [0.1, 0.15) is 42.9 Å². The maximum Gasteiger partial charge on any atom is 0.317 e. The van der Waals surface area contributed by atoms with Crippen molar-refractivity contribution in [2.45, 2.75) is 38.1 Å². The van der Waals surface area contributed by atoms with Crippen molar-refractivity contribution in [3.63, 3.8) is 0 Å². The molecule has 1 aromatic carbocycles. The Hall–Kier alpha value is -1.71. The van der Waals surface area contributed by atoms with E-state index in [1.165, 1.54) is 11.1 Å². The lowest BCUT2D eigenvalue weighted by molar-refractivity contribution is 0.203. The number of amides is 2. The van der Waals surface area contributed by atoms with Crippen molar-refractivity contribution in [2.75, 3.05) is 18.8 Å². The van der Waals surface area contributed by atoms with Crippen LogP contribution >= 0.6 is 0 Å². The molecule has 3 N–H and O–H groups in total. The van der Waals surface area contributed by atoms with Crippen LogP contribution in [0.2, 0.25) is 0 Å². The second kappa shape index (κ2) is 5.11. The molecule has 3 rings (SSSR count). The Labute approximate surface area is 114 Å². The van der Waals surface area contributed by atoms with Crippen LogP contribution in [-0.2, 0) is 6.42 Å². The number of carbonyl (C=O) groups excluding carboxylic acids is 1. The second-order valence-electron chi connectivity index (χ2n) is 5.55. The van der Waals surface area contributed by atoms with Crippen LogP contribution in [-0.4, -0.2) is 24.0 Å². The van der Waals surface area contributed by atoms with Crippen molar-refractivity contribution in [3.05, 3.63) is 29.3 Å². The summed E-state index contributed by atoms with van der Waals surface area (Å²) in [5, 5.41) is 3.18. The number of urea groups is 1. The molecular weight excluding hydrogens is 238 g/mol. The molecule has 1 saturated heterocycles. The van der Waals surface area contributed by atoms with Crippen molar-refractivity contribution in [2.24, 2.45) is 0 Å². The van der Waals surface area contributed by atoms with Gasteiger partial charge in [-0.2, -0.15) is 0 Å². The molecule has 0 aromatic heterocycles. The lowest BCUT2D eigenvalue weighted by Gasteiger charge is -2.28. The number of likely N-dealkylation sites (tertiary alicyclic amines) is 1. The monoisotopic (exact) mass is 259 g/mol. The summed E-state index contributed by atoms with van der Waals surface area (Å²) in [6.45, 7) is 1.79. The summed E-state index contributed by atoms with van der Waals surface area (Å²) < 4.78 is 0. The third kappa shape index (κ3) is 2.53. The van der Waals surface area contributed by atoms with Crippen LogP contribution in [0.15, 0.2) is 18.2 Å². The molecule has 2 amide bonds. The lowest BCUT2D eigenvalue weighted by atomic mass is 9.87. The minimum absolute atomic E-state index is 0.0900. The molecule has 1 fully saturated rings. The summed E-state index contributed by atoms with van der Waals surface area (Å²) in [5.41, 5.74) is 9.18. The zero-order valence-electron chi connectivity index (χ0n) is 11.2. The highest BCUT2D eigenvalue weighted by molar-refractivity contribution is 5.75. The molecule has 19 heavy (non-hydrogen) atoms. The fourth-order valence-corrected chi connectivity index (χ4v) is 3.14. The van der Waals surface area contributed by atoms with Gasteiger partial charge >= 0.3 is 6.03 Å². The largest absolute Gasteiger partial charge is 0.399 e. The minimum atomic E-state index is 0.0900. The van der Waals surface area contributed by atoms with E-state index in [-0.39, 0.29) is 12.1 Å². The second-order valence-corrected chi connectivity index (χ2v) is 5.55. The minimum Gasteiger partial charge on any atom is -0.399 e. The van der Waals surface area contributed by atoms with E-state index in [9.17, 15) is 4.79 Å². The first kappa shape index (κ1) is 12.3. The average molecular weight is 259 g/mol. The maximum atomic E-state index is 12.2. The van der Waals surface area contributed by atoms with Crippen LogP contribution < -0.4 is 11.1 Å². The van der Waals surface area contributed by atoms with Gasteiger partial charge in [-0.15, -0.1) is 0 Å². The normalized spacial score (nSPS) is 22.1. The highest BCUT2D eigenvalue weighted by Gasteiger charge is 2.25. The van der Waals surface area contributed by atoms with E-state index in [1.807, 2.05) is 17.0 Å². The lowest BCUT2D eigenvalue weighted by Crippen LogP contribution is -2.40. The first-order valence-electron chi connectivity index (χ1n) is 7.18. The first-order chi connectivity index (χ1) is 9.24. The molecule has 1 unspecified atom stereocenters. The van der Waals surface area contributed by atoms with E-state index in [2.05, 4.69) is 11.4 Å². The Morgan fingerprint density at radius 1 is 1.26 bits per heavy atom. The van der Waals surface area contributed by atoms with E-state index >= 15 is 0 Å². The van der Waals surface area contributed by atoms with Gasteiger partial charge in [0.15, 0.2) is 0 Å². The van der Waals surface area contributed by atoms with E-state index in [1.54, 1.807) is 0 Å². The van der Waals surface area contributed by atoms with Gasteiger partial charge < -0.3 is 16.0 Å². The summed E-state index contributed by atoms with van der Waals surface area (Å²) in [5.74, 6) is 0. The molecule has 0 bridgehead atoms. The van der Waals surface area contributed by atoms with Crippen LogP contribution in [0.3, 0.4) is 0 Å². The van der Waals surface area contributed by atoms with Crippen molar-refractivity contribution < 1.29 is 4.79 Å². The van der Waals surface area contributed by atoms with Gasteiger partial charge in [-0.05, 0) is 55.4 Å². The molecule has 0 saturated carbocycles. The van der Waals surface area contributed by atoms with Crippen molar-refractivity contribution in [1.29, 1.82) is 0 Å². The van der Waals surface area contributed by atoms with E-state index in [0.717, 1.165) is 50.9 Å². The van der Waals surface area contributed by atoms with Crippen molar-refractivity contribution in [1.82, 2.24) is 10.2 Å². The number of nitrogens with one attached hydrogen (secondary N) is 1. The number of anilines is 1. The van der Waals surface area contributed by atoms with Gasteiger partial charge in [-0.3, -0.25) is 0 Å². The molecule has 102 valence electrons. The Kier molecular flexibility index (Phi) is 3.32. The number of hydrogen-bond donors (Lipinski definition) is 2. The van der Waals surface area contributed by atoms with E-state index in [0.29, 0.717) is 0 Å². The third-order valence-corrected chi connectivity index (χ3v) is 4.17. The first-order valence-corrected chi connectivity index (χ1v) is 7.18. The number of nitrogens with zero attached hydrogens (tertiary/aromatic N) is 1. The summed E-state index contributed by atoms with van der Waals surface area (Å²) in [6, 6.07) is 6.28. The Morgan fingerprint density at radius 2 is 2.05 bits per heavy atom. The van der Waals surface area contributed by atoms with E-state index in [4.69, 9.17) is 5.73 Å². The van der Waals surface area contributed by atoms with Gasteiger partial charge in [0.25, 0.3) is 0 Å². The van der Waals surface area contributed by atoms with Gasteiger partial charge in [0.05, 0.1) is 6.04 Å². The number of benzene rings is 1. The Bertz CT molecular complexity index is 480. The third-order valence-electron chi connectivity index (χ3n) is 4.17. The molecule has 1 atom stereocenters. The van der Waals surface area contributed by atoms with Gasteiger partial charge in [0.1, 0.15) is 0 Å². The molecule has 1 aliphatic heterocycles. The Morgan fingerprint density at radius 3 is 2.84 bits per heavy atom.